The zero-order chi connectivity index (χ0) is 14.8. The Kier molecular flexibility index (Phi) is 2.99. The molecule has 6 unspecified atom stereocenters. The molecule has 4 rings (SSSR count). The van der Waals surface area contributed by atoms with E-state index in [4.69, 9.17) is 0 Å². The number of rotatable bonds is 0. The smallest absolute Gasteiger partial charge is 0.0596 e. The Labute approximate surface area is 129 Å². The summed E-state index contributed by atoms with van der Waals surface area (Å²) in [7, 11) is 0. The minimum absolute atomic E-state index is 0.0462. The van der Waals surface area contributed by atoms with Crippen LogP contribution in [0.5, 0.6) is 0 Å². The standard InChI is InChI=1S/C20H30O/c1-13-8-10-19(2)14(12-13)4-5-15-16-6-7-18(21)20(16,3)11-9-17(15)19/h4,12,15-18,21H,5-11H2,1-3H3. The molecule has 4 aliphatic carbocycles. The highest BCUT2D eigenvalue weighted by molar-refractivity contribution is 5.36. The second kappa shape index (κ2) is 4.47. The Balaban J connectivity index is 1.72. The first-order chi connectivity index (χ1) is 9.95. The van der Waals surface area contributed by atoms with Gasteiger partial charge < -0.3 is 5.11 Å². The van der Waals surface area contributed by atoms with Crippen LogP contribution >= 0.6 is 0 Å². The van der Waals surface area contributed by atoms with Crippen molar-refractivity contribution >= 4 is 0 Å². The zero-order valence-electron chi connectivity index (χ0n) is 13.9. The van der Waals surface area contributed by atoms with Crippen molar-refractivity contribution in [1.29, 1.82) is 0 Å². The van der Waals surface area contributed by atoms with Gasteiger partial charge in [-0.2, -0.15) is 0 Å². The molecule has 0 bridgehead atoms. The monoisotopic (exact) mass is 286 g/mol. The van der Waals surface area contributed by atoms with Crippen LogP contribution in [0, 0.1) is 28.6 Å². The van der Waals surface area contributed by atoms with E-state index >= 15 is 0 Å². The fraction of sp³-hybridized carbons (Fsp3) is 0.800. The summed E-state index contributed by atoms with van der Waals surface area (Å²) in [5.74, 6) is 2.43. The van der Waals surface area contributed by atoms with Crippen LogP contribution in [-0.4, -0.2) is 11.2 Å². The Hall–Kier alpha value is -0.560. The van der Waals surface area contributed by atoms with E-state index in [1.54, 1.807) is 11.1 Å². The quantitative estimate of drug-likeness (QED) is 0.674. The van der Waals surface area contributed by atoms with Gasteiger partial charge in [-0.05, 0) is 86.0 Å². The van der Waals surface area contributed by atoms with Crippen molar-refractivity contribution in [2.75, 3.05) is 0 Å². The van der Waals surface area contributed by atoms with Crippen LogP contribution in [0.3, 0.4) is 0 Å². The van der Waals surface area contributed by atoms with Gasteiger partial charge in [0.15, 0.2) is 0 Å². The normalized spacial score (nSPS) is 52.4. The van der Waals surface area contributed by atoms with Crippen LogP contribution < -0.4 is 0 Å². The Morgan fingerprint density at radius 2 is 1.90 bits per heavy atom. The number of aliphatic hydroxyl groups excluding tert-OH is 1. The van der Waals surface area contributed by atoms with E-state index < -0.39 is 0 Å². The van der Waals surface area contributed by atoms with Crippen molar-refractivity contribution in [3.8, 4) is 0 Å². The van der Waals surface area contributed by atoms with Crippen LogP contribution in [0.2, 0.25) is 0 Å². The van der Waals surface area contributed by atoms with Gasteiger partial charge >= 0.3 is 0 Å². The molecule has 1 N–H and O–H groups in total. The van der Waals surface area contributed by atoms with Gasteiger partial charge in [-0.3, -0.25) is 0 Å². The molecule has 116 valence electrons. The summed E-state index contributed by atoms with van der Waals surface area (Å²) in [6.45, 7) is 7.20. The van der Waals surface area contributed by atoms with Gasteiger partial charge in [-0.25, -0.2) is 0 Å². The van der Waals surface area contributed by atoms with Crippen LogP contribution in [-0.2, 0) is 0 Å². The summed E-state index contributed by atoms with van der Waals surface area (Å²) in [6.07, 6.45) is 13.7. The Morgan fingerprint density at radius 3 is 2.71 bits per heavy atom. The molecule has 0 aromatic carbocycles. The maximum Gasteiger partial charge on any atom is 0.0596 e. The molecule has 0 aliphatic heterocycles. The van der Waals surface area contributed by atoms with Gasteiger partial charge in [0.2, 0.25) is 0 Å². The highest BCUT2D eigenvalue weighted by Crippen LogP contribution is 2.64. The van der Waals surface area contributed by atoms with Crippen LogP contribution in [0.1, 0.15) is 65.7 Å². The SMILES string of the molecule is CC1=CC2=CCC3C(CCC4(C)C(O)CCC34)C2(C)CC1. The van der Waals surface area contributed by atoms with Crippen LogP contribution in [0.15, 0.2) is 23.3 Å². The number of hydrogen-bond donors (Lipinski definition) is 1. The van der Waals surface area contributed by atoms with Crippen molar-refractivity contribution in [2.45, 2.75) is 71.8 Å². The van der Waals surface area contributed by atoms with E-state index in [2.05, 4.69) is 32.9 Å². The molecule has 0 spiro atoms. The highest BCUT2D eigenvalue weighted by Gasteiger charge is 2.57. The average molecular weight is 286 g/mol. The van der Waals surface area contributed by atoms with E-state index in [9.17, 15) is 5.11 Å². The second-order valence-corrected chi connectivity index (χ2v) is 8.82. The third-order valence-corrected chi connectivity index (χ3v) is 7.92. The molecule has 1 nitrogen and oxygen atoms in total. The molecule has 2 fully saturated rings. The predicted octanol–water partition coefficient (Wildman–Crippen LogP) is 4.87. The molecule has 1 heteroatoms. The van der Waals surface area contributed by atoms with E-state index in [1.807, 2.05) is 0 Å². The predicted molar refractivity (Wildman–Crippen MR) is 86.8 cm³/mol. The molecule has 0 radical (unpaired) electrons. The summed E-state index contributed by atoms with van der Waals surface area (Å²) in [5.41, 5.74) is 3.82. The largest absolute Gasteiger partial charge is 0.393 e. The first-order valence-electron chi connectivity index (χ1n) is 9.01. The minimum Gasteiger partial charge on any atom is -0.393 e. The van der Waals surface area contributed by atoms with Crippen molar-refractivity contribution in [2.24, 2.45) is 28.6 Å². The molecule has 0 aromatic heterocycles. The van der Waals surface area contributed by atoms with Gasteiger partial charge in [0.05, 0.1) is 6.10 Å². The summed E-state index contributed by atoms with van der Waals surface area (Å²) in [5, 5.41) is 10.5. The first kappa shape index (κ1) is 14.1. The fourth-order valence-corrected chi connectivity index (χ4v) is 6.44. The van der Waals surface area contributed by atoms with Gasteiger partial charge in [0, 0.05) is 0 Å². The van der Waals surface area contributed by atoms with Crippen LogP contribution in [0.25, 0.3) is 0 Å². The molecule has 6 atom stereocenters. The first-order valence-corrected chi connectivity index (χ1v) is 9.01. The van der Waals surface area contributed by atoms with Gasteiger partial charge in [-0.15, -0.1) is 0 Å². The Morgan fingerprint density at radius 1 is 1.10 bits per heavy atom. The zero-order valence-corrected chi connectivity index (χ0v) is 13.9. The van der Waals surface area contributed by atoms with Crippen molar-refractivity contribution in [3.63, 3.8) is 0 Å². The van der Waals surface area contributed by atoms with Crippen molar-refractivity contribution < 1.29 is 5.11 Å². The summed E-state index contributed by atoms with van der Waals surface area (Å²) in [6, 6.07) is 0. The molecule has 4 aliphatic rings. The number of allylic oxidation sites excluding steroid dienone is 4. The van der Waals surface area contributed by atoms with E-state index in [0.717, 1.165) is 24.2 Å². The minimum atomic E-state index is -0.0462. The van der Waals surface area contributed by atoms with Crippen LogP contribution in [0.4, 0.5) is 0 Å². The van der Waals surface area contributed by atoms with Crippen molar-refractivity contribution in [3.05, 3.63) is 23.3 Å². The molecule has 0 saturated heterocycles. The lowest BCUT2D eigenvalue weighted by atomic mass is 9.48. The average Bonchev–Trinajstić information content (AvgIpc) is 2.76. The van der Waals surface area contributed by atoms with E-state index in [1.165, 1.54) is 38.5 Å². The lowest BCUT2D eigenvalue weighted by Crippen LogP contribution is -2.50. The lowest BCUT2D eigenvalue weighted by Gasteiger charge is -2.56. The highest BCUT2D eigenvalue weighted by atomic mass is 16.3. The van der Waals surface area contributed by atoms with Gasteiger partial charge in [0.1, 0.15) is 0 Å². The van der Waals surface area contributed by atoms with Gasteiger partial charge in [-0.1, -0.05) is 31.6 Å². The Bertz CT molecular complexity index is 516. The summed E-state index contributed by atoms with van der Waals surface area (Å²) in [4.78, 5) is 0. The van der Waals surface area contributed by atoms with Crippen molar-refractivity contribution in [1.82, 2.24) is 0 Å². The maximum absolute atomic E-state index is 10.5. The molecule has 2 saturated carbocycles. The molecule has 21 heavy (non-hydrogen) atoms. The summed E-state index contributed by atoms with van der Waals surface area (Å²) >= 11 is 0. The molecule has 0 aromatic rings. The molecular weight excluding hydrogens is 256 g/mol. The second-order valence-electron chi connectivity index (χ2n) is 8.82. The maximum atomic E-state index is 10.5. The number of aliphatic hydroxyl groups is 1. The third kappa shape index (κ3) is 1.79. The number of hydrogen-bond acceptors (Lipinski definition) is 1. The lowest BCUT2D eigenvalue weighted by molar-refractivity contribution is -0.0626. The molecular formula is C20H30O. The number of fused-ring (bicyclic) bond motifs is 5. The molecule has 0 amide bonds. The summed E-state index contributed by atoms with van der Waals surface area (Å²) < 4.78 is 0. The topological polar surface area (TPSA) is 20.2 Å². The van der Waals surface area contributed by atoms with E-state index in [0.29, 0.717) is 5.41 Å². The van der Waals surface area contributed by atoms with Gasteiger partial charge in [0.25, 0.3) is 0 Å². The third-order valence-electron chi connectivity index (χ3n) is 7.92. The fourth-order valence-electron chi connectivity index (χ4n) is 6.44. The van der Waals surface area contributed by atoms with E-state index in [-0.39, 0.29) is 11.5 Å². The molecule has 0 heterocycles.